The van der Waals surface area contributed by atoms with Gasteiger partial charge in [-0.3, -0.25) is 4.79 Å². The maximum absolute atomic E-state index is 11.2. The third-order valence-corrected chi connectivity index (χ3v) is 2.03. The molecular formula is C10H9NO2. The largest absolute Gasteiger partial charge is 0.388 e. The van der Waals surface area contributed by atoms with Crippen molar-refractivity contribution in [2.75, 3.05) is 6.61 Å². The first-order chi connectivity index (χ1) is 6.33. The third-order valence-electron chi connectivity index (χ3n) is 2.03. The number of fused-ring (bicyclic) bond motifs is 1. The van der Waals surface area contributed by atoms with Crippen LogP contribution in [0.15, 0.2) is 30.5 Å². The number of carbonyl (C=O) groups is 1. The molecule has 66 valence electrons. The normalized spacial score (nSPS) is 10.5. The summed E-state index contributed by atoms with van der Waals surface area (Å²) in [7, 11) is 0. The fourth-order valence-corrected chi connectivity index (χ4v) is 1.39. The highest BCUT2D eigenvalue weighted by Crippen LogP contribution is 2.17. The fraction of sp³-hybridized carbons (Fsp3) is 0.100. The van der Waals surface area contributed by atoms with E-state index in [1.54, 1.807) is 6.20 Å². The van der Waals surface area contributed by atoms with E-state index in [4.69, 9.17) is 5.11 Å². The lowest BCUT2D eigenvalue weighted by molar-refractivity contribution is 0.0905. The maximum atomic E-state index is 11.2. The van der Waals surface area contributed by atoms with Crippen molar-refractivity contribution in [3.05, 3.63) is 36.0 Å². The van der Waals surface area contributed by atoms with Gasteiger partial charge in [0.2, 0.25) is 0 Å². The zero-order valence-corrected chi connectivity index (χ0v) is 6.95. The summed E-state index contributed by atoms with van der Waals surface area (Å²) in [5.41, 5.74) is 1.47. The number of aliphatic hydroxyl groups excluding tert-OH is 1. The van der Waals surface area contributed by atoms with Gasteiger partial charge < -0.3 is 10.1 Å². The highest BCUT2D eigenvalue weighted by Gasteiger charge is 2.09. The number of ketones is 1. The highest BCUT2D eigenvalue weighted by atomic mass is 16.3. The number of nitrogens with one attached hydrogen (secondary N) is 1. The molecule has 1 heterocycles. The molecule has 2 aromatic rings. The van der Waals surface area contributed by atoms with Gasteiger partial charge in [0.05, 0.1) is 0 Å². The Labute approximate surface area is 75.0 Å². The van der Waals surface area contributed by atoms with Crippen LogP contribution in [0.5, 0.6) is 0 Å². The van der Waals surface area contributed by atoms with Crippen molar-refractivity contribution in [3.8, 4) is 0 Å². The number of aliphatic hydroxyl groups is 1. The van der Waals surface area contributed by atoms with Crippen LogP contribution < -0.4 is 0 Å². The Morgan fingerprint density at radius 1 is 1.38 bits per heavy atom. The maximum Gasteiger partial charge on any atom is 0.190 e. The molecule has 0 saturated carbocycles. The number of hydrogen-bond acceptors (Lipinski definition) is 2. The second kappa shape index (κ2) is 3.03. The summed E-state index contributed by atoms with van der Waals surface area (Å²) < 4.78 is 0. The molecule has 0 aliphatic carbocycles. The van der Waals surface area contributed by atoms with Crippen molar-refractivity contribution in [2.45, 2.75) is 0 Å². The molecule has 0 unspecified atom stereocenters. The summed E-state index contributed by atoms with van der Waals surface area (Å²) in [5.74, 6) is -0.252. The first-order valence-corrected chi connectivity index (χ1v) is 4.03. The van der Waals surface area contributed by atoms with Crippen LogP contribution >= 0.6 is 0 Å². The minimum Gasteiger partial charge on any atom is -0.388 e. The molecule has 13 heavy (non-hydrogen) atoms. The van der Waals surface area contributed by atoms with Crippen LogP contribution in [-0.2, 0) is 0 Å². The highest BCUT2D eigenvalue weighted by molar-refractivity contribution is 6.08. The topological polar surface area (TPSA) is 53.1 Å². The summed E-state index contributed by atoms with van der Waals surface area (Å²) in [4.78, 5) is 14.2. The van der Waals surface area contributed by atoms with Crippen LogP contribution in [-0.4, -0.2) is 22.5 Å². The Morgan fingerprint density at radius 2 is 2.15 bits per heavy atom. The van der Waals surface area contributed by atoms with Crippen molar-refractivity contribution in [3.63, 3.8) is 0 Å². The lowest BCUT2D eigenvalue weighted by atomic mass is 10.1. The molecule has 1 aromatic carbocycles. The SMILES string of the molecule is O=C(CO)c1c[nH]c2ccccc12. The molecule has 0 spiro atoms. The van der Waals surface area contributed by atoms with E-state index in [1.165, 1.54) is 0 Å². The first kappa shape index (κ1) is 8.01. The summed E-state index contributed by atoms with van der Waals surface area (Å²) in [5, 5.41) is 9.57. The van der Waals surface area contributed by atoms with Gasteiger partial charge in [-0.15, -0.1) is 0 Å². The molecule has 1 aromatic heterocycles. The molecule has 0 saturated heterocycles. The Balaban J connectivity index is 2.64. The molecule has 0 radical (unpaired) electrons. The van der Waals surface area contributed by atoms with E-state index < -0.39 is 6.61 Å². The van der Waals surface area contributed by atoms with E-state index >= 15 is 0 Å². The van der Waals surface area contributed by atoms with E-state index in [1.807, 2.05) is 24.3 Å². The third kappa shape index (κ3) is 1.23. The van der Waals surface area contributed by atoms with Gasteiger partial charge in [-0.25, -0.2) is 0 Å². The number of hydrogen-bond donors (Lipinski definition) is 2. The molecular weight excluding hydrogens is 166 g/mol. The zero-order chi connectivity index (χ0) is 9.26. The monoisotopic (exact) mass is 175 g/mol. The van der Waals surface area contributed by atoms with Gasteiger partial charge in [0.25, 0.3) is 0 Å². The van der Waals surface area contributed by atoms with Crippen molar-refractivity contribution in [2.24, 2.45) is 0 Å². The second-order valence-corrected chi connectivity index (χ2v) is 2.83. The van der Waals surface area contributed by atoms with Gasteiger partial charge in [-0.05, 0) is 6.07 Å². The number of para-hydroxylation sites is 1. The van der Waals surface area contributed by atoms with Crippen LogP contribution in [0.1, 0.15) is 10.4 Å². The molecule has 0 amide bonds. The number of benzene rings is 1. The summed E-state index contributed by atoms with van der Waals surface area (Å²) in [6, 6.07) is 7.51. The van der Waals surface area contributed by atoms with E-state index in [0.717, 1.165) is 10.9 Å². The van der Waals surface area contributed by atoms with Crippen LogP contribution in [0.3, 0.4) is 0 Å². The number of Topliss-reactive ketones (excluding diaryl/α,β-unsaturated/α-hetero) is 1. The number of aromatic amines is 1. The predicted octanol–water partition coefficient (Wildman–Crippen LogP) is 1.34. The first-order valence-electron chi connectivity index (χ1n) is 4.03. The second-order valence-electron chi connectivity index (χ2n) is 2.83. The fourth-order valence-electron chi connectivity index (χ4n) is 1.39. The standard InChI is InChI=1S/C10H9NO2/c12-6-10(13)8-5-11-9-4-2-1-3-7(8)9/h1-5,11-12H,6H2. The number of aromatic nitrogens is 1. The zero-order valence-electron chi connectivity index (χ0n) is 6.95. The van der Waals surface area contributed by atoms with Gasteiger partial charge in [0.1, 0.15) is 6.61 Å². The summed E-state index contributed by atoms with van der Waals surface area (Å²) >= 11 is 0. The van der Waals surface area contributed by atoms with Crippen LogP contribution in [0.4, 0.5) is 0 Å². The summed E-state index contributed by atoms with van der Waals surface area (Å²) in [6.45, 7) is -0.443. The smallest absolute Gasteiger partial charge is 0.190 e. The average molecular weight is 175 g/mol. The lowest BCUT2D eigenvalue weighted by Crippen LogP contribution is -2.02. The Kier molecular flexibility index (Phi) is 1.87. The minimum absolute atomic E-state index is 0.252. The van der Waals surface area contributed by atoms with Gasteiger partial charge in [-0.1, -0.05) is 18.2 Å². The van der Waals surface area contributed by atoms with Crippen molar-refractivity contribution < 1.29 is 9.90 Å². The average Bonchev–Trinajstić information content (AvgIpc) is 2.60. The molecule has 0 aliphatic heterocycles. The number of carbonyl (C=O) groups excluding carboxylic acids is 1. The Morgan fingerprint density at radius 3 is 2.92 bits per heavy atom. The molecule has 0 bridgehead atoms. The van der Waals surface area contributed by atoms with Crippen LogP contribution in [0.25, 0.3) is 10.9 Å². The Hall–Kier alpha value is -1.61. The lowest BCUT2D eigenvalue weighted by Gasteiger charge is -1.93. The van der Waals surface area contributed by atoms with Gasteiger partial charge in [0.15, 0.2) is 5.78 Å². The quantitative estimate of drug-likeness (QED) is 0.677. The van der Waals surface area contributed by atoms with Gasteiger partial charge >= 0.3 is 0 Å². The van der Waals surface area contributed by atoms with E-state index in [9.17, 15) is 4.79 Å². The summed E-state index contributed by atoms with van der Waals surface area (Å²) in [6.07, 6.45) is 1.63. The molecule has 0 aliphatic rings. The predicted molar refractivity (Wildman–Crippen MR) is 49.7 cm³/mol. The molecule has 0 atom stereocenters. The van der Waals surface area contributed by atoms with E-state index in [-0.39, 0.29) is 5.78 Å². The number of rotatable bonds is 2. The van der Waals surface area contributed by atoms with E-state index in [2.05, 4.69) is 4.98 Å². The Bertz CT molecular complexity index is 445. The molecule has 3 heteroatoms. The van der Waals surface area contributed by atoms with Gasteiger partial charge in [-0.2, -0.15) is 0 Å². The van der Waals surface area contributed by atoms with Crippen molar-refractivity contribution in [1.82, 2.24) is 4.98 Å². The van der Waals surface area contributed by atoms with Crippen LogP contribution in [0, 0.1) is 0 Å². The van der Waals surface area contributed by atoms with Crippen molar-refractivity contribution in [1.29, 1.82) is 0 Å². The van der Waals surface area contributed by atoms with Crippen LogP contribution in [0.2, 0.25) is 0 Å². The molecule has 0 fully saturated rings. The minimum atomic E-state index is -0.443. The van der Waals surface area contributed by atoms with Crippen molar-refractivity contribution >= 4 is 16.7 Å². The number of H-pyrrole nitrogens is 1. The molecule has 2 N–H and O–H groups in total. The molecule has 2 rings (SSSR count). The molecule has 3 nitrogen and oxygen atoms in total. The van der Waals surface area contributed by atoms with E-state index in [0.29, 0.717) is 5.56 Å². The van der Waals surface area contributed by atoms with Gasteiger partial charge in [0, 0.05) is 22.7 Å².